The van der Waals surface area contributed by atoms with Gasteiger partial charge in [0.1, 0.15) is 5.82 Å². The molecule has 1 saturated heterocycles. The van der Waals surface area contributed by atoms with Crippen molar-refractivity contribution in [2.24, 2.45) is 0 Å². The van der Waals surface area contributed by atoms with Gasteiger partial charge in [0.2, 0.25) is 5.91 Å². The molecule has 0 saturated carbocycles. The van der Waals surface area contributed by atoms with Crippen LogP contribution >= 0.6 is 0 Å². The quantitative estimate of drug-likeness (QED) is 0.803. The third kappa shape index (κ3) is 2.33. The van der Waals surface area contributed by atoms with Crippen molar-refractivity contribution in [3.8, 4) is 0 Å². The van der Waals surface area contributed by atoms with Crippen molar-refractivity contribution >= 4 is 11.7 Å². The predicted octanol–water partition coefficient (Wildman–Crippen LogP) is 2.14. The molecule has 1 fully saturated rings. The van der Waals surface area contributed by atoms with Crippen molar-refractivity contribution in [1.82, 2.24) is 9.88 Å². The highest BCUT2D eigenvalue weighted by atomic mass is 16.2. The summed E-state index contributed by atoms with van der Waals surface area (Å²) in [7, 11) is 3.97. The zero-order chi connectivity index (χ0) is 13.3. The van der Waals surface area contributed by atoms with Crippen molar-refractivity contribution in [3.05, 3.63) is 23.4 Å². The van der Waals surface area contributed by atoms with Gasteiger partial charge in [-0.15, -0.1) is 0 Å². The molecule has 2 heterocycles. The van der Waals surface area contributed by atoms with E-state index in [2.05, 4.69) is 11.1 Å². The van der Waals surface area contributed by atoms with E-state index in [-0.39, 0.29) is 11.9 Å². The smallest absolute Gasteiger partial charge is 0.219 e. The normalized spacial score (nSPS) is 19.1. The Kier molecular flexibility index (Phi) is 3.55. The van der Waals surface area contributed by atoms with E-state index in [0.29, 0.717) is 0 Å². The molecule has 2 rings (SSSR count). The first-order valence-corrected chi connectivity index (χ1v) is 6.43. The van der Waals surface area contributed by atoms with Crippen LogP contribution in [0.3, 0.4) is 0 Å². The van der Waals surface area contributed by atoms with Crippen molar-refractivity contribution < 1.29 is 4.79 Å². The van der Waals surface area contributed by atoms with Crippen LogP contribution < -0.4 is 4.90 Å². The minimum atomic E-state index is 0.161. The Hall–Kier alpha value is -1.58. The third-order valence-corrected chi connectivity index (χ3v) is 3.59. The molecule has 1 aromatic rings. The first-order chi connectivity index (χ1) is 8.50. The van der Waals surface area contributed by atoms with E-state index in [1.807, 2.05) is 36.9 Å². The number of carbonyl (C=O) groups excluding carboxylic acids is 1. The van der Waals surface area contributed by atoms with Crippen LogP contribution in [0.25, 0.3) is 0 Å². The van der Waals surface area contributed by atoms with E-state index in [1.165, 1.54) is 5.56 Å². The van der Waals surface area contributed by atoms with Crippen molar-refractivity contribution in [3.63, 3.8) is 0 Å². The fraction of sp³-hybridized carbons (Fsp3) is 0.571. The SMILES string of the molecule is CC(=O)N1CCC[C@H]1c1ccc(N(C)C)nc1C. The lowest BCUT2D eigenvalue weighted by molar-refractivity contribution is -0.129. The minimum Gasteiger partial charge on any atom is -0.363 e. The summed E-state index contributed by atoms with van der Waals surface area (Å²) in [5.74, 6) is 1.12. The summed E-state index contributed by atoms with van der Waals surface area (Å²) in [6, 6.07) is 4.36. The standard InChI is InChI=1S/C14H21N3O/c1-10-12(7-8-14(15-10)16(3)4)13-6-5-9-17(13)11(2)18/h7-8,13H,5-6,9H2,1-4H3/t13-/m0/s1. The van der Waals surface area contributed by atoms with E-state index in [4.69, 9.17) is 0 Å². The number of amides is 1. The number of pyridine rings is 1. The molecular formula is C14H21N3O. The Balaban J connectivity index is 2.31. The van der Waals surface area contributed by atoms with Crippen molar-refractivity contribution in [2.75, 3.05) is 25.5 Å². The molecule has 1 aliphatic heterocycles. The van der Waals surface area contributed by atoms with E-state index in [9.17, 15) is 4.79 Å². The van der Waals surface area contributed by atoms with Gasteiger partial charge in [-0.3, -0.25) is 4.79 Å². The molecule has 1 amide bonds. The van der Waals surface area contributed by atoms with Crippen molar-refractivity contribution in [1.29, 1.82) is 0 Å². The lowest BCUT2D eigenvalue weighted by Crippen LogP contribution is -2.28. The topological polar surface area (TPSA) is 36.4 Å². The molecule has 0 unspecified atom stereocenters. The molecule has 0 aliphatic carbocycles. The van der Waals surface area contributed by atoms with Crippen LogP contribution in [0.15, 0.2) is 12.1 Å². The van der Waals surface area contributed by atoms with Gasteiger partial charge in [-0.2, -0.15) is 0 Å². The molecule has 1 aliphatic rings. The summed E-state index contributed by atoms with van der Waals surface area (Å²) in [6.45, 7) is 4.54. The average molecular weight is 247 g/mol. The second kappa shape index (κ2) is 4.96. The summed E-state index contributed by atoms with van der Waals surface area (Å²) >= 11 is 0. The first-order valence-electron chi connectivity index (χ1n) is 6.43. The molecule has 4 heteroatoms. The molecule has 4 nitrogen and oxygen atoms in total. The van der Waals surface area contributed by atoms with Gasteiger partial charge in [0.05, 0.1) is 6.04 Å². The molecule has 0 bridgehead atoms. The van der Waals surface area contributed by atoms with E-state index in [1.54, 1.807) is 6.92 Å². The number of rotatable bonds is 2. The number of hydrogen-bond donors (Lipinski definition) is 0. The molecule has 1 aromatic heterocycles. The Morgan fingerprint density at radius 3 is 2.72 bits per heavy atom. The molecule has 0 radical (unpaired) electrons. The van der Waals surface area contributed by atoms with Crippen LogP contribution in [0.5, 0.6) is 0 Å². The van der Waals surface area contributed by atoms with Gasteiger partial charge in [-0.1, -0.05) is 6.07 Å². The van der Waals surface area contributed by atoms with Gasteiger partial charge >= 0.3 is 0 Å². The maximum atomic E-state index is 11.6. The van der Waals surface area contributed by atoms with Crippen LogP contribution in [0.1, 0.15) is 37.1 Å². The lowest BCUT2D eigenvalue weighted by atomic mass is 10.0. The molecule has 0 aromatic carbocycles. The molecule has 1 atom stereocenters. The average Bonchev–Trinajstić information content (AvgIpc) is 2.77. The van der Waals surface area contributed by atoms with Gasteiger partial charge in [0.25, 0.3) is 0 Å². The minimum absolute atomic E-state index is 0.161. The van der Waals surface area contributed by atoms with E-state index < -0.39 is 0 Å². The maximum absolute atomic E-state index is 11.6. The Morgan fingerprint density at radius 1 is 1.44 bits per heavy atom. The first kappa shape index (κ1) is 12.9. The monoisotopic (exact) mass is 247 g/mol. The number of carbonyl (C=O) groups is 1. The fourth-order valence-electron chi connectivity index (χ4n) is 2.63. The fourth-order valence-corrected chi connectivity index (χ4v) is 2.63. The highest BCUT2D eigenvalue weighted by Crippen LogP contribution is 2.33. The highest BCUT2D eigenvalue weighted by Gasteiger charge is 2.29. The number of hydrogen-bond acceptors (Lipinski definition) is 3. The summed E-state index contributed by atoms with van der Waals surface area (Å²) in [6.07, 6.45) is 2.13. The summed E-state index contributed by atoms with van der Waals surface area (Å²) < 4.78 is 0. The summed E-state index contributed by atoms with van der Waals surface area (Å²) in [5, 5.41) is 0. The van der Waals surface area contributed by atoms with Gasteiger partial charge in [0, 0.05) is 33.3 Å². The molecule has 18 heavy (non-hydrogen) atoms. The maximum Gasteiger partial charge on any atom is 0.219 e. The van der Waals surface area contributed by atoms with E-state index >= 15 is 0 Å². The number of nitrogens with zero attached hydrogens (tertiary/aromatic N) is 3. The molecular weight excluding hydrogens is 226 g/mol. The van der Waals surface area contributed by atoms with Gasteiger partial charge in [0.15, 0.2) is 0 Å². The Bertz CT molecular complexity index is 456. The predicted molar refractivity (Wildman–Crippen MR) is 72.7 cm³/mol. The summed E-state index contributed by atoms with van der Waals surface area (Å²) in [4.78, 5) is 20.2. The second-order valence-corrected chi connectivity index (χ2v) is 5.11. The van der Waals surface area contributed by atoms with Gasteiger partial charge < -0.3 is 9.80 Å². The largest absolute Gasteiger partial charge is 0.363 e. The number of anilines is 1. The highest BCUT2D eigenvalue weighted by molar-refractivity contribution is 5.74. The molecule has 98 valence electrons. The van der Waals surface area contributed by atoms with Gasteiger partial charge in [-0.25, -0.2) is 4.98 Å². The second-order valence-electron chi connectivity index (χ2n) is 5.11. The summed E-state index contributed by atoms with van der Waals surface area (Å²) in [5.41, 5.74) is 2.22. The van der Waals surface area contributed by atoms with Crippen LogP contribution in [0.2, 0.25) is 0 Å². The van der Waals surface area contributed by atoms with Crippen molar-refractivity contribution in [2.45, 2.75) is 32.7 Å². The third-order valence-electron chi connectivity index (χ3n) is 3.59. The van der Waals surface area contributed by atoms with E-state index in [0.717, 1.165) is 30.9 Å². The van der Waals surface area contributed by atoms with Crippen LogP contribution in [-0.4, -0.2) is 36.4 Å². The number of aryl methyl sites for hydroxylation is 1. The molecule has 0 spiro atoms. The van der Waals surface area contributed by atoms with Crippen LogP contribution in [0.4, 0.5) is 5.82 Å². The number of aromatic nitrogens is 1. The van der Waals surface area contributed by atoms with Gasteiger partial charge in [-0.05, 0) is 31.4 Å². The zero-order valence-electron chi connectivity index (χ0n) is 11.6. The lowest BCUT2D eigenvalue weighted by Gasteiger charge is -2.25. The van der Waals surface area contributed by atoms with Crippen LogP contribution in [-0.2, 0) is 4.79 Å². The molecule has 0 N–H and O–H groups in total. The number of likely N-dealkylation sites (tertiary alicyclic amines) is 1. The van der Waals surface area contributed by atoms with Crippen LogP contribution in [0, 0.1) is 6.92 Å². The Labute approximate surface area is 109 Å². The Morgan fingerprint density at radius 2 is 2.17 bits per heavy atom. The zero-order valence-corrected chi connectivity index (χ0v) is 11.6.